The Morgan fingerprint density at radius 1 is 1.23 bits per heavy atom. The molecule has 0 saturated carbocycles. The molecule has 0 bridgehead atoms. The van der Waals surface area contributed by atoms with Crippen LogP contribution in [0.25, 0.3) is 5.57 Å². The summed E-state index contributed by atoms with van der Waals surface area (Å²) in [4.78, 5) is 22.4. The molecule has 2 aromatic rings. The van der Waals surface area contributed by atoms with Crippen molar-refractivity contribution in [3.05, 3.63) is 71.0 Å². The molecule has 1 aromatic carbocycles. The van der Waals surface area contributed by atoms with Crippen LogP contribution in [0, 0.1) is 5.82 Å². The molecule has 1 amide bonds. The zero-order chi connectivity index (χ0) is 21.7. The minimum absolute atomic E-state index is 0.149. The maximum Gasteiger partial charge on any atom is 0.416 e. The molecule has 10 heteroatoms. The molecule has 0 spiro atoms. The average molecular weight is 420 g/mol. The molecular formula is C20H16F4N4O2. The topological polar surface area (TPSA) is 80.8 Å². The standard InChI is InChI=1S/C20H16F4N4O2/c1-28-17(29)19(27-18(28)25,16-9-13(4-6-26-16)20(22,23)24)12-2-3-15(21)14(8-12)11-5-7-30-10-11/h2-4,6,8-10H,5,7H2,1H3,(H2,25,27). The van der Waals surface area contributed by atoms with E-state index in [-0.39, 0.29) is 22.8 Å². The van der Waals surface area contributed by atoms with E-state index in [0.29, 0.717) is 18.6 Å². The van der Waals surface area contributed by atoms with Gasteiger partial charge in [0.25, 0.3) is 5.91 Å². The minimum atomic E-state index is -4.65. The second kappa shape index (κ2) is 6.82. The van der Waals surface area contributed by atoms with Gasteiger partial charge in [-0.1, -0.05) is 6.07 Å². The number of ether oxygens (including phenoxy) is 1. The van der Waals surface area contributed by atoms with Gasteiger partial charge in [-0.25, -0.2) is 9.38 Å². The number of alkyl halides is 3. The van der Waals surface area contributed by atoms with E-state index in [9.17, 15) is 22.4 Å². The number of rotatable bonds is 3. The monoisotopic (exact) mass is 420 g/mol. The zero-order valence-corrected chi connectivity index (χ0v) is 15.7. The van der Waals surface area contributed by atoms with Gasteiger partial charge < -0.3 is 10.5 Å². The normalized spacial score (nSPS) is 21.5. The Hall–Kier alpha value is -3.43. The Morgan fingerprint density at radius 3 is 2.60 bits per heavy atom. The lowest BCUT2D eigenvalue weighted by atomic mass is 9.84. The van der Waals surface area contributed by atoms with Crippen LogP contribution in [-0.2, 0) is 21.2 Å². The number of nitrogens with two attached hydrogens (primary N) is 1. The lowest BCUT2D eigenvalue weighted by Gasteiger charge is -2.26. The van der Waals surface area contributed by atoms with Crippen molar-refractivity contribution in [3.8, 4) is 0 Å². The highest BCUT2D eigenvalue weighted by Crippen LogP contribution is 2.41. The van der Waals surface area contributed by atoms with Crippen LogP contribution in [0.2, 0.25) is 0 Å². The molecule has 2 N–H and O–H groups in total. The van der Waals surface area contributed by atoms with Gasteiger partial charge in [0.05, 0.1) is 24.1 Å². The maximum absolute atomic E-state index is 14.5. The van der Waals surface area contributed by atoms with E-state index < -0.39 is 29.0 Å². The van der Waals surface area contributed by atoms with Gasteiger partial charge in [-0.05, 0) is 29.8 Å². The maximum atomic E-state index is 14.5. The van der Waals surface area contributed by atoms with Gasteiger partial charge in [-0.2, -0.15) is 13.2 Å². The average Bonchev–Trinajstić information content (AvgIpc) is 3.32. The summed E-state index contributed by atoms with van der Waals surface area (Å²) in [6, 6.07) is 5.37. The number of hydrogen-bond acceptors (Lipinski definition) is 5. The number of halogens is 4. The van der Waals surface area contributed by atoms with Crippen LogP contribution in [-0.4, -0.2) is 35.4 Å². The van der Waals surface area contributed by atoms with Crippen molar-refractivity contribution in [3.63, 3.8) is 0 Å². The molecule has 1 unspecified atom stereocenters. The van der Waals surface area contributed by atoms with Crippen molar-refractivity contribution in [1.82, 2.24) is 9.88 Å². The van der Waals surface area contributed by atoms with Gasteiger partial charge in [0, 0.05) is 30.8 Å². The van der Waals surface area contributed by atoms with Gasteiger partial charge in [0.2, 0.25) is 5.54 Å². The Labute approximate surface area is 168 Å². The van der Waals surface area contributed by atoms with Crippen LogP contribution in [0.4, 0.5) is 17.6 Å². The number of likely N-dealkylation sites (N-methyl/N-ethyl adjacent to an activating group) is 1. The highest BCUT2D eigenvalue weighted by molar-refractivity contribution is 6.08. The van der Waals surface area contributed by atoms with Crippen molar-refractivity contribution < 1.29 is 27.1 Å². The zero-order valence-electron chi connectivity index (χ0n) is 15.7. The van der Waals surface area contributed by atoms with Crippen LogP contribution >= 0.6 is 0 Å². The highest BCUT2D eigenvalue weighted by Gasteiger charge is 2.51. The molecule has 1 aromatic heterocycles. The van der Waals surface area contributed by atoms with Gasteiger partial charge in [-0.3, -0.25) is 14.7 Å². The first-order valence-corrected chi connectivity index (χ1v) is 8.93. The lowest BCUT2D eigenvalue weighted by molar-refractivity contribution is -0.138. The number of aliphatic imine (C=N–C) groups is 1. The third-order valence-corrected chi connectivity index (χ3v) is 5.14. The van der Waals surface area contributed by atoms with Crippen LogP contribution in [0.1, 0.15) is 28.8 Å². The van der Waals surface area contributed by atoms with Crippen LogP contribution in [0.5, 0.6) is 0 Å². The van der Waals surface area contributed by atoms with Crippen molar-refractivity contribution in [2.24, 2.45) is 10.7 Å². The Bertz CT molecular complexity index is 1100. The smallest absolute Gasteiger partial charge is 0.416 e. The van der Waals surface area contributed by atoms with Crippen molar-refractivity contribution in [1.29, 1.82) is 0 Å². The number of aromatic nitrogens is 1. The van der Waals surface area contributed by atoms with Crippen molar-refractivity contribution in [2.75, 3.05) is 13.7 Å². The van der Waals surface area contributed by atoms with E-state index >= 15 is 0 Å². The quantitative estimate of drug-likeness (QED) is 0.774. The summed E-state index contributed by atoms with van der Waals surface area (Å²) in [6.07, 6.45) is -1.83. The lowest BCUT2D eigenvalue weighted by Crippen LogP contribution is -2.41. The summed E-state index contributed by atoms with van der Waals surface area (Å²) >= 11 is 0. The number of carbonyl (C=O) groups excluding carboxylic acids is 1. The molecule has 30 heavy (non-hydrogen) atoms. The SMILES string of the molecule is CN1C(=O)C(c2ccc(F)c(C3=COCC3)c2)(c2cc(C(F)(F)F)ccn2)N=C1N. The molecule has 0 fully saturated rings. The van der Waals surface area contributed by atoms with E-state index in [4.69, 9.17) is 10.5 Å². The first kappa shape index (κ1) is 19.9. The van der Waals surface area contributed by atoms with E-state index in [1.54, 1.807) is 0 Å². The summed E-state index contributed by atoms with van der Waals surface area (Å²) in [6.45, 7) is 0.381. The Morgan fingerprint density at radius 2 is 2.00 bits per heavy atom. The molecule has 1 atom stereocenters. The molecule has 3 heterocycles. The number of amides is 1. The Balaban J connectivity index is 1.96. The third-order valence-electron chi connectivity index (χ3n) is 5.14. The molecule has 156 valence electrons. The van der Waals surface area contributed by atoms with E-state index in [0.717, 1.165) is 29.3 Å². The molecule has 0 aliphatic carbocycles. The molecule has 6 nitrogen and oxygen atoms in total. The van der Waals surface area contributed by atoms with Gasteiger partial charge in [-0.15, -0.1) is 0 Å². The first-order chi connectivity index (χ1) is 14.1. The number of nitrogens with zero attached hydrogens (tertiary/aromatic N) is 3. The molecule has 0 radical (unpaired) electrons. The molecule has 2 aliphatic rings. The molecule has 2 aliphatic heterocycles. The van der Waals surface area contributed by atoms with Crippen molar-refractivity contribution >= 4 is 17.4 Å². The predicted octanol–water partition coefficient (Wildman–Crippen LogP) is 3.03. The molecule has 0 saturated heterocycles. The number of hydrogen-bond donors (Lipinski definition) is 1. The van der Waals surface area contributed by atoms with E-state index in [1.807, 2.05) is 0 Å². The molecule has 4 rings (SSSR count). The fraction of sp³-hybridized carbons (Fsp3) is 0.250. The summed E-state index contributed by atoms with van der Waals surface area (Å²) < 4.78 is 59.5. The largest absolute Gasteiger partial charge is 0.501 e. The predicted molar refractivity (Wildman–Crippen MR) is 99.4 cm³/mol. The summed E-state index contributed by atoms with van der Waals surface area (Å²) in [7, 11) is 1.36. The van der Waals surface area contributed by atoms with Crippen LogP contribution in [0.3, 0.4) is 0 Å². The number of carbonyl (C=O) groups is 1. The van der Waals surface area contributed by atoms with Gasteiger partial charge in [0.1, 0.15) is 5.82 Å². The summed E-state index contributed by atoms with van der Waals surface area (Å²) in [5.74, 6) is -1.44. The van der Waals surface area contributed by atoms with Crippen LogP contribution in [0.15, 0.2) is 47.8 Å². The minimum Gasteiger partial charge on any atom is -0.501 e. The van der Waals surface area contributed by atoms with Crippen LogP contribution < -0.4 is 5.73 Å². The second-order valence-electron chi connectivity index (χ2n) is 6.93. The first-order valence-electron chi connectivity index (χ1n) is 8.93. The fourth-order valence-electron chi connectivity index (χ4n) is 3.53. The van der Waals surface area contributed by atoms with E-state index in [1.165, 1.54) is 25.4 Å². The number of pyridine rings is 1. The number of guanidine groups is 1. The summed E-state index contributed by atoms with van der Waals surface area (Å²) in [5.41, 5.74) is 3.50. The van der Waals surface area contributed by atoms with E-state index in [2.05, 4.69) is 9.98 Å². The fourth-order valence-corrected chi connectivity index (χ4v) is 3.53. The second-order valence-corrected chi connectivity index (χ2v) is 6.93. The number of benzene rings is 1. The highest BCUT2D eigenvalue weighted by atomic mass is 19.4. The Kier molecular flexibility index (Phi) is 4.52. The van der Waals surface area contributed by atoms with Gasteiger partial charge in [0.15, 0.2) is 5.96 Å². The van der Waals surface area contributed by atoms with Crippen molar-refractivity contribution in [2.45, 2.75) is 18.1 Å². The molecular weight excluding hydrogens is 404 g/mol. The summed E-state index contributed by atoms with van der Waals surface area (Å²) in [5, 5.41) is 0. The third kappa shape index (κ3) is 2.99. The van der Waals surface area contributed by atoms with Gasteiger partial charge >= 0.3 is 6.18 Å².